The molecule has 1 saturated heterocycles. The molecule has 62 heavy (non-hydrogen) atoms. The predicted molar refractivity (Wildman–Crippen MR) is 278 cm³/mol. The zero-order valence-corrected chi connectivity index (χ0v) is 46.0. The van der Waals surface area contributed by atoms with Gasteiger partial charge in [0.2, 0.25) is 0 Å². The molecule has 1 aliphatic rings. The Kier molecular flexibility index (Phi) is 23.9. The van der Waals surface area contributed by atoms with E-state index >= 15 is 0 Å². The topological polar surface area (TPSA) is 302 Å². The fourth-order valence-electron chi connectivity index (χ4n) is 5.64. The Hall–Kier alpha value is -0.680. The number of amides is 6. The van der Waals surface area contributed by atoms with E-state index in [2.05, 4.69) is 31.9 Å². The van der Waals surface area contributed by atoms with Crippen molar-refractivity contribution in [2.24, 2.45) is 0 Å². The first-order chi connectivity index (χ1) is 29.3. The smallest absolute Gasteiger partial charge is 0.256 e. The first-order valence-corrected chi connectivity index (χ1v) is 25.2. The van der Waals surface area contributed by atoms with Crippen LogP contribution in [0, 0.1) is 21.4 Å². The van der Waals surface area contributed by atoms with Gasteiger partial charge in [-0.15, -0.1) is 0 Å². The fraction of sp³-hybridized carbons (Fsp3) is 0.500. The SMILES string of the molecule is C[C@H](O)C(=O)Nc1c(I)c(C(=O)NC(CO)CO)c(I)c(C(=O)N2CCNCCN(C(=O)c3c(I)c(NC(=O)[C@H](C)O)c(I)c(C(=O)NC(CO)CO)c3I)CCNCC2)c1I. The maximum atomic E-state index is 14.5. The van der Waals surface area contributed by atoms with Crippen molar-refractivity contribution >= 4 is 182 Å². The van der Waals surface area contributed by atoms with Gasteiger partial charge in [-0.3, -0.25) is 28.8 Å². The van der Waals surface area contributed by atoms with Gasteiger partial charge >= 0.3 is 0 Å². The van der Waals surface area contributed by atoms with Crippen LogP contribution in [0.4, 0.5) is 11.4 Å². The normalized spacial score (nSPS) is 15.0. The lowest BCUT2D eigenvalue weighted by Gasteiger charge is -2.29. The first kappa shape index (κ1) is 55.6. The van der Waals surface area contributed by atoms with Gasteiger partial charge in [-0.05, 0) is 149 Å². The first-order valence-electron chi connectivity index (χ1n) is 18.7. The van der Waals surface area contributed by atoms with Crippen molar-refractivity contribution < 1.29 is 59.4 Å². The van der Waals surface area contributed by atoms with E-state index in [0.29, 0.717) is 7.14 Å². The molecule has 0 radical (unpaired) electrons. The Bertz CT molecular complexity index is 1850. The Morgan fingerprint density at radius 1 is 0.516 bits per heavy atom. The largest absolute Gasteiger partial charge is 0.394 e. The van der Waals surface area contributed by atoms with Crippen molar-refractivity contribution in [3.05, 3.63) is 43.7 Å². The van der Waals surface area contributed by atoms with Crippen LogP contribution in [0.2, 0.25) is 0 Å². The molecule has 0 saturated carbocycles. The van der Waals surface area contributed by atoms with Gasteiger partial charge in [0, 0.05) is 59.5 Å². The molecule has 2 aromatic carbocycles. The average Bonchev–Trinajstić information content (AvgIpc) is 3.21. The van der Waals surface area contributed by atoms with Crippen LogP contribution in [-0.4, -0.2) is 179 Å². The number of aliphatic hydroxyl groups is 6. The third-order valence-corrected chi connectivity index (χ3v) is 15.6. The summed E-state index contributed by atoms with van der Waals surface area (Å²) in [4.78, 5) is 84.6. The third kappa shape index (κ3) is 14.2. The number of anilines is 2. The standard InChI is InChI=1S/C36H46I6N8O12/c1-15(55)31(57)47-29-25(39)19(33(59)45-17(11-51)12-52)23(37)21(27(29)41)35(61)49-7-3-43-5-9-50(10-6-44-4-8-49)36(62)22-24(38)20(34(60)46-18(13-53)14-54)26(40)30(28(22)42)48-32(58)16(2)56/h15-18,43-44,51-56H,3-14H2,1-2H3,(H,45,59)(H,46,60)(H,47,57)(H,48,58)/t15-,16-/m0/s1. The summed E-state index contributed by atoms with van der Waals surface area (Å²) in [5.41, 5.74) is 0.558. The van der Waals surface area contributed by atoms with Gasteiger partial charge in [0.05, 0.1) is 86.4 Å². The van der Waals surface area contributed by atoms with Gasteiger partial charge in [-0.2, -0.15) is 0 Å². The highest BCUT2D eigenvalue weighted by Gasteiger charge is 2.34. The molecule has 344 valence electrons. The molecule has 1 heterocycles. The van der Waals surface area contributed by atoms with E-state index in [9.17, 15) is 59.4 Å². The van der Waals surface area contributed by atoms with Gasteiger partial charge in [-0.25, -0.2) is 0 Å². The molecule has 0 unspecified atom stereocenters. The van der Waals surface area contributed by atoms with Gasteiger partial charge in [0.1, 0.15) is 12.2 Å². The molecular formula is C36H46I6N8O12. The zero-order valence-electron chi connectivity index (χ0n) is 33.1. The summed E-state index contributed by atoms with van der Waals surface area (Å²) in [6, 6.07) is -1.99. The molecule has 20 nitrogen and oxygen atoms in total. The van der Waals surface area contributed by atoms with Crippen LogP contribution in [0.5, 0.6) is 0 Å². The molecule has 2 aromatic rings. The molecule has 2 atom stereocenters. The number of aliphatic hydroxyl groups excluding tert-OH is 6. The highest BCUT2D eigenvalue weighted by Crippen LogP contribution is 2.38. The predicted octanol–water partition coefficient (Wildman–Crippen LogP) is -0.104. The number of halogens is 6. The van der Waals surface area contributed by atoms with Crippen LogP contribution < -0.4 is 31.9 Å². The summed E-state index contributed by atoms with van der Waals surface area (Å²) in [6.07, 6.45) is -2.81. The summed E-state index contributed by atoms with van der Waals surface area (Å²) < 4.78 is 1.73. The van der Waals surface area contributed by atoms with Gasteiger partial charge in [-0.1, -0.05) is 0 Å². The van der Waals surface area contributed by atoms with Crippen LogP contribution in [0.15, 0.2) is 0 Å². The molecule has 0 aromatic heterocycles. The number of nitrogens with zero attached hydrogens (tertiary/aromatic N) is 2. The number of benzene rings is 2. The summed E-state index contributed by atoms with van der Waals surface area (Å²) in [6.45, 7) is 2.16. The summed E-state index contributed by atoms with van der Waals surface area (Å²) in [7, 11) is 0. The Morgan fingerprint density at radius 3 is 1.05 bits per heavy atom. The quantitative estimate of drug-likeness (QED) is 0.110. The average molecular weight is 1540 g/mol. The molecule has 1 aliphatic heterocycles. The van der Waals surface area contributed by atoms with Crippen molar-refractivity contribution in [3.8, 4) is 0 Å². The highest BCUT2D eigenvalue weighted by molar-refractivity contribution is 14.1. The maximum Gasteiger partial charge on any atom is 0.256 e. The second kappa shape index (κ2) is 26.6. The molecule has 1 fully saturated rings. The number of carbonyl (C=O) groups excluding carboxylic acids is 6. The van der Waals surface area contributed by atoms with Crippen LogP contribution in [0.1, 0.15) is 55.3 Å². The molecule has 26 heteroatoms. The van der Waals surface area contributed by atoms with Crippen molar-refractivity contribution in [2.75, 3.05) is 89.4 Å². The van der Waals surface area contributed by atoms with Crippen LogP contribution in [-0.2, 0) is 9.59 Å². The monoisotopic (exact) mass is 1540 g/mol. The number of nitrogens with one attached hydrogen (secondary N) is 6. The van der Waals surface area contributed by atoms with Crippen molar-refractivity contribution in [3.63, 3.8) is 0 Å². The molecule has 3 rings (SSSR count). The van der Waals surface area contributed by atoms with E-state index in [1.807, 2.05) is 136 Å². The Morgan fingerprint density at radius 2 is 0.790 bits per heavy atom. The van der Waals surface area contributed by atoms with E-state index in [0.717, 1.165) is 0 Å². The molecule has 0 aliphatic carbocycles. The fourth-order valence-corrected chi connectivity index (χ4v) is 14.4. The highest BCUT2D eigenvalue weighted by atomic mass is 127. The van der Waals surface area contributed by atoms with Crippen molar-refractivity contribution in [1.82, 2.24) is 31.1 Å². The molecule has 12 N–H and O–H groups in total. The molecule has 0 spiro atoms. The minimum Gasteiger partial charge on any atom is -0.394 e. The summed E-state index contributed by atoms with van der Waals surface area (Å²) in [5, 5.41) is 75.3. The van der Waals surface area contributed by atoms with E-state index < -0.39 is 86.2 Å². The molecule has 0 bridgehead atoms. The number of hydrogen-bond acceptors (Lipinski definition) is 14. The zero-order chi connectivity index (χ0) is 46.6. The number of hydrogen-bond donors (Lipinski definition) is 12. The maximum absolute atomic E-state index is 14.5. The second-order valence-corrected chi connectivity index (χ2v) is 20.1. The van der Waals surface area contributed by atoms with Crippen LogP contribution >= 0.6 is 136 Å². The lowest BCUT2D eigenvalue weighted by atomic mass is 10.1. The molecular weight excluding hydrogens is 1500 g/mol. The molecule has 6 amide bonds. The minimum absolute atomic E-state index is 0.0280. The van der Waals surface area contributed by atoms with Gasteiger partial charge < -0.3 is 72.3 Å². The van der Waals surface area contributed by atoms with E-state index in [1.54, 1.807) is 9.80 Å². The summed E-state index contributed by atoms with van der Waals surface area (Å²) >= 11 is 11.3. The second-order valence-electron chi connectivity index (χ2n) is 13.6. The lowest BCUT2D eigenvalue weighted by molar-refractivity contribution is -0.123. The number of carbonyl (C=O) groups is 6. The summed E-state index contributed by atoms with van der Waals surface area (Å²) in [5.74, 6) is -3.85. The Balaban J connectivity index is 1.96. The van der Waals surface area contributed by atoms with Gasteiger partial charge in [0.25, 0.3) is 35.4 Å². The van der Waals surface area contributed by atoms with Crippen molar-refractivity contribution in [2.45, 2.75) is 38.1 Å². The van der Waals surface area contributed by atoms with E-state index in [1.165, 1.54) is 13.8 Å². The third-order valence-electron chi connectivity index (χ3n) is 9.13. The van der Waals surface area contributed by atoms with Crippen molar-refractivity contribution in [1.29, 1.82) is 0 Å². The minimum atomic E-state index is -1.41. The van der Waals surface area contributed by atoms with Crippen LogP contribution in [0.25, 0.3) is 0 Å². The Labute approximate surface area is 438 Å². The van der Waals surface area contributed by atoms with Gasteiger partial charge in [0.15, 0.2) is 0 Å². The number of rotatable bonds is 14. The van der Waals surface area contributed by atoms with Crippen LogP contribution in [0.3, 0.4) is 0 Å². The van der Waals surface area contributed by atoms with E-state index in [-0.39, 0.29) is 100 Å². The lowest BCUT2D eigenvalue weighted by Crippen LogP contribution is -2.47. The van der Waals surface area contributed by atoms with E-state index in [4.69, 9.17) is 0 Å².